The fourth-order valence-electron chi connectivity index (χ4n) is 8.89. The molecule has 0 aliphatic heterocycles. The summed E-state index contributed by atoms with van der Waals surface area (Å²) in [6.45, 7) is 7.76. The molecule has 0 saturated heterocycles. The molecular weight excluding hydrogens is 521 g/mol. The zero-order valence-corrected chi connectivity index (χ0v) is 23.5. The summed E-state index contributed by atoms with van der Waals surface area (Å²) in [5.41, 5.74) is 1.19. The standard InChI is InChI=1S/C24H40O2.Hg/c1-16(7-12-22(25)26)19-10-11-20-18-9-8-17-6-4-5-14-23(17,2)21(18)13-15-24(19,20)3;/h16-21H,4-15H2,1-3H3,(H,25,26);/q;+1/p-1/t16-,17?,18+,19-,20+,21+,23+,24-;/m1./s1. The Morgan fingerprint density at radius 1 is 1.00 bits per heavy atom. The molecule has 0 N–H and O–H groups in total. The zero-order valence-electron chi connectivity index (χ0n) is 18.0. The van der Waals surface area contributed by atoms with E-state index >= 15 is 0 Å². The van der Waals surface area contributed by atoms with Gasteiger partial charge in [0, 0.05) is 0 Å². The number of fused-ring (bicyclic) bond motifs is 5. The molecule has 4 aliphatic rings. The summed E-state index contributed by atoms with van der Waals surface area (Å²) < 4.78 is 5.08. The van der Waals surface area contributed by atoms with Crippen molar-refractivity contribution in [2.24, 2.45) is 46.3 Å². The summed E-state index contributed by atoms with van der Waals surface area (Å²) in [6.07, 6.45) is 16.5. The predicted octanol–water partition coefficient (Wildman–Crippen LogP) is 6.46. The van der Waals surface area contributed by atoms with Crippen molar-refractivity contribution in [3.8, 4) is 0 Å². The van der Waals surface area contributed by atoms with Crippen LogP contribution in [0.5, 0.6) is 0 Å². The minimum absolute atomic E-state index is 0.0529. The van der Waals surface area contributed by atoms with Crippen LogP contribution in [0.15, 0.2) is 0 Å². The number of hydrogen-bond acceptors (Lipinski definition) is 2. The first-order chi connectivity index (χ1) is 12.9. The number of carbonyl (C=O) groups is 1. The summed E-state index contributed by atoms with van der Waals surface area (Å²) in [4.78, 5) is 11.7. The van der Waals surface area contributed by atoms with Crippen LogP contribution in [0.1, 0.15) is 97.8 Å². The Bertz CT molecular complexity index is 563. The van der Waals surface area contributed by atoms with Gasteiger partial charge in [0.05, 0.1) is 0 Å². The second kappa shape index (κ2) is 7.91. The van der Waals surface area contributed by atoms with E-state index in [-0.39, 0.29) is 32.5 Å². The number of carbonyl (C=O) groups excluding carboxylic acids is 1. The third-order valence-electron chi connectivity index (χ3n) is 10.3. The molecule has 0 aromatic heterocycles. The van der Waals surface area contributed by atoms with Crippen LogP contribution in [0.25, 0.3) is 0 Å². The van der Waals surface area contributed by atoms with E-state index in [1.54, 1.807) is 0 Å². The van der Waals surface area contributed by atoms with Crippen LogP contribution >= 0.6 is 0 Å². The van der Waals surface area contributed by atoms with Gasteiger partial charge < -0.3 is 0 Å². The first-order valence-electron chi connectivity index (χ1n) is 11.8. The average Bonchev–Trinajstić information content (AvgIpc) is 3.02. The molecule has 4 fully saturated rings. The zero-order chi connectivity index (χ0) is 19.2. The molecule has 1 unspecified atom stereocenters. The van der Waals surface area contributed by atoms with Gasteiger partial charge in [-0.1, -0.05) is 12.8 Å². The van der Waals surface area contributed by atoms with Gasteiger partial charge >= 0.3 is 165 Å². The average molecular weight is 560 g/mol. The third kappa shape index (κ3) is 3.46. The summed E-state index contributed by atoms with van der Waals surface area (Å²) in [7, 11) is 0. The Morgan fingerprint density at radius 2 is 1.78 bits per heavy atom. The van der Waals surface area contributed by atoms with E-state index in [9.17, 15) is 4.79 Å². The topological polar surface area (TPSA) is 26.3 Å². The molecule has 3 heteroatoms. The van der Waals surface area contributed by atoms with Crippen LogP contribution in [-0.2, 0) is 34.0 Å². The second-order valence-electron chi connectivity index (χ2n) is 11.2. The molecule has 0 heterocycles. The van der Waals surface area contributed by atoms with E-state index in [0.717, 1.165) is 36.0 Å². The molecule has 2 nitrogen and oxygen atoms in total. The van der Waals surface area contributed by atoms with Crippen LogP contribution < -0.4 is 0 Å². The van der Waals surface area contributed by atoms with E-state index in [4.69, 9.17) is 2.64 Å². The second-order valence-corrected chi connectivity index (χ2v) is 12.3. The monoisotopic (exact) mass is 561 g/mol. The van der Waals surface area contributed by atoms with Gasteiger partial charge in [-0.3, -0.25) is 0 Å². The fourth-order valence-corrected chi connectivity index (χ4v) is 9.45. The van der Waals surface area contributed by atoms with E-state index in [1.165, 1.54) is 64.2 Å². The van der Waals surface area contributed by atoms with Gasteiger partial charge in [0.1, 0.15) is 0 Å². The first-order valence-corrected chi connectivity index (χ1v) is 14.1. The molecule has 27 heavy (non-hydrogen) atoms. The van der Waals surface area contributed by atoms with E-state index in [2.05, 4.69) is 20.8 Å². The van der Waals surface area contributed by atoms with Crippen molar-refractivity contribution in [2.75, 3.05) is 0 Å². The van der Waals surface area contributed by atoms with Gasteiger partial charge in [0.25, 0.3) is 0 Å². The van der Waals surface area contributed by atoms with Gasteiger partial charge in [-0.25, -0.2) is 0 Å². The molecule has 0 spiro atoms. The predicted molar refractivity (Wildman–Crippen MR) is 104 cm³/mol. The molecule has 0 aromatic carbocycles. The summed E-state index contributed by atoms with van der Waals surface area (Å²) in [5.74, 6) is 5.53. The fraction of sp³-hybridized carbons (Fsp3) is 0.958. The summed E-state index contributed by atoms with van der Waals surface area (Å²) >= 11 is 0.150. The Balaban J connectivity index is 1.49. The van der Waals surface area contributed by atoms with Crippen molar-refractivity contribution in [2.45, 2.75) is 97.8 Å². The minimum atomic E-state index is 0.0529. The molecule has 4 aliphatic carbocycles. The van der Waals surface area contributed by atoms with Crippen LogP contribution in [-0.4, -0.2) is 5.97 Å². The molecular formula is C24H39HgO2. The van der Waals surface area contributed by atoms with E-state index in [0.29, 0.717) is 23.2 Å². The van der Waals surface area contributed by atoms with Gasteiger partial charge in [-0.2, -0.15) is 0 Å². The van der Waals surface area contributed by atoms with Gasteiger partial charge in [0.2, 0.25) is 0 Å². The van der Waals surface area contributed by atoms with Crippen molar-refractivity contribution in [3.05, 3.63) is 0 Å². The first kappa shape index (κ1) is 20.7. The van der Waals surface area contributed by atoms with Crippen LogP contribution in [0.2, 0.25) is 0 Å². The molecule has 4 saturated carbocycles. The van der Waals surface area contributed by atoms with Gasteiger partial charge in [-0.15, -0.1) is 0 Å². The maximum absolute atomic E-state index is 11.7. The molecule has 0 radical (unpaired) electrons. The van der Waals surface area contributed by atoms with Gasteiger partial charge in [-0.05, 0) is 6.42 Å². The number of rotatable bonds is 4. The van der Waals surface area contributed by atoms with E-state index in [1.807, 2.05) is 0 Å². The van der Waals surface area contributed by atoms with Crippen molar-refractivity contribution >= 4 is 5.97 Å². The maximum atomic E-state index is 11.7. The van der Waals surface area contributed by atoms with Crippen LogP contribution in [0.3, 0.4) is 0 Å². The summed E-state index contributed by atoms with van der Waals surface area (Å²) in [5, 5.41) is 0. The molecule has 149 valence electrons. The van der Waals surface area contributed by atoms with Crippen molar-refractivity contribution in [3.63, 3.8) is 0 Å². The normalized spacial score (nSPS) is 47.5. The molecule has 8 atom stereocenters. The Labute approximate surface area is 183 Å². The number of hydrogen-bond donors (Lipinski definition) is 0. The SMILES string of the molecule is C[C@H](CCC(=O)[O][Hg])[C@H]1CC[C@H]2[C@@H]3CCC4CCCC[C@]4(C)[C@H]3CC[C@]12C. The Hall–Kier alpha value is 0.405. The third-order valence-corrected chi connectivity index (χ3v) is 11.6. The summed E-state index contributed by atoms with van der Waals surface area (Å²) in [6, 6.07) is 0. The van der Waals surface area contributed by atoms with Crippen LogP contribution in [0, 0.1) is 46.3 Å². The van der Waals surface area contributed by atoms with Crippen molar-refractivity contribution in [1.82, 2.24) is 0 Å². The van der Waals surface area contributed by atoms with E-state index < -0.39 is 0 Å². The molecule has 0 bridgehead atoms. The van der Waals surface area contributed by atoms with Crippen LogP contribution in [0.4, 0.5) is 0 Å². The van der Waals surface area contributed by atoms with Gasteiger partial charge in [0.15, 0.2) is 0 Å². The Morgan fingerprint density at radius 3 is 2.56 bits per heavy atom. The quantitative estimate of drug-likeness (QED) is 0.370. The molecule has 0 amide bonds. The Kier molecular flexibility index (Phi) is 6.06. The van der Waals surface area contributed by atoms with Crippen molar-refractivity contribution in [1.29, 1.82) is 0 Å². The molecule has 0 aromatic rings. The van der Waals surface area contributed by atoms with Crippen molar-refractivity contribution < 1.29 is 34.0 Å². The molecule has 4 rings (SSSR count).